The third-order valence-electron chi connectivity index (χ3n) is 3.13. The average molecular weight is 384 g/mol. The lowest BCUT2D eigenvalue weighted by atomic mass is 10.1. The molecule has 1 atom stereocenters. The zero-order valence-corrected chi connectivity index (χ0v) is 14.2. The number of pyridine rings is 1. The Labute approximate surface area is 132 Å². The Morgan fingerprint density at radius 3 is 3.05 bits per heavy atom. The Morgan fingerprint density at radius 2 is 2.35 bits per heavy atom. The first kappa shape index (κ1) is 16.2. The molecule has 1 unspecified atom stereocenters. The first-order chi connectivity index (χ1) is 9.45. The molecule has 1 saturated heterocycles. The van der Waals surface area contributed by atoms with Crippen molar-refractivity contribution in [3.05, 3.63) is 21.9 Å². The fourth-order valence-electron chi connectivity index (χ4n) is 2.22. The lowest BCUT2D eigenvalue weighted by molar-refractivity contribution is 0.0265. The van der Waals surface area contributed by atoms with Gasteiger partial charge < -0.3 is 4.74 Å². The minimum absolute atomic E-state index is 0.00765. The SMILES string of the molecule is CCOC1CCCN(S(=O)(=O)c2cc(Br)cnc2Cl)C1. The van der Waals surface area contributed by atoms with Crippen molar-refractivity contribution >= 4 is 37.6 Å². The number of piperidine rings is 1. The minimum atomic E-state index is -3.64. The Hall–Kier alpha value is -0.210. The number of nitrogens with zero attached hydrogens (tertiary/aromatic N) is 2. The van der Waals surface area contributed by atoms with E-state index in [-0.39, 0.29) is 16.2 Å². The highest BCUT2D eigenvalue weighted by atomic mass is 79.9. The number of hydrogen-bond donors (Lipinski definition) is 0. The summed E-state index contributed by atoms with van der Waals surface area (Å²) >= 11 is 9.15. The molecule has 0 radical (unpaired) electrons. The van der Waals surface area contributed by atoms with E-state index in [0.29, 0.717) is 24.2 Å². The van der Waals surface area contributed by atoms with Gasteiger partial charge in [-0.2, -0.15) is 4.31 Å². The number of halogens is 2. The predicted octanol–water partition coefficient (Wildman–Crippen LogP) is 2.69. The highest BCUT2D eigenvalue weighted by molar-refractivity contribution is 9.10. The van der Waals surface area contributed by atoms with Crippen molar-refractivity contribution in [2.45, 2.75) is 30.8 Å². The number of aromatic nitrogens is 1. The van der Waals surface area contributed by atoms with Crippen LogP contribution >= 0.6 is 27.5 Å². The van der Waals surface area contributed by atoms with Crippen LogP contribution in [0.3, 0.4) is 0 Å². The van der Waals surface area contributed by atoms with Gasteiger partial charge in [-0.1, -0.05) is 11.6 Å². The van der Waals surface area contributed by atoms with Crippen LogP contribution in [0.1, 0.15) is 19.8 Å². The summed E-state index contributed by atoms with van der Waals surface area (Å²) in [7, 11) is -3.64. The summed E-state index contributed by atoms with van der Waals surface area (Å²) < 4.78 is 32.8. The van der Waals surface area contributed by atoms with Gasteiger partial charge in [-0.25, -0.2) is 13.4 Å². The van der Waals surface area contributed by atoms with Gasteiger partial charge in [-0.3, -0.25) is 0 Å². The molecule has 0 N–H and O–H groups in total. The first-order valence-corrected chi connectivity index (χ1v) is 8.99. The molecule has 1 aromatic rings. The molecule has 1 fully saturated rings. The van der Waals surface area contributed by atoms with Crippen LogP contribution in [0.25, 0.3) is 0 Å². The minimum Gasteiger partial charge on any atom is -0.377 e. The van der Waals surface area contributed by atoms with Gasteiger partial charge in [0, 0.05) is 30.4 Å². The van der Waals surface area contributed by atoms with Gasteiger partial charge in [0.05, 0.1) is 6.10 Å². The number of sulfonamides is 1. The Bertz CT molecular complexity index is 580. The Balaban J connectivity index is 2.27. The first-order valence-electron chi connectivity index (χ1n) is 6.38. The van der Waals surface area contributed by atoms with E-state index < -0.39 is 10.0 Å². The van der Waals surface area contributed by atoms with Crippen LogP contribution in [0.5, 0.6) is 0 Å². The standard InChI is InChI=1S/C12H16BrClN2O3S/c1-2-19-10-4-3-5-16(8-10)20(17,18)11-6-9(13)7-15-12(11)14/h6-7,10H,2-5,8H2,1H3. The van der Waals surface area contributed by atoms with Crippen molar-refractivity contribution in [2.75, 3.05) is 19.7 Å². The number of ether oxygens (including phenoxy) is 1. The van der Waals surface area contributed by atoms with Crippen LogP contribution < -0.4 is 0 Å². The normalized spacial score (nSPS) is 21.1. The van der Waals surface area contributed by atoms with Crippen LogP contribution in [0, 0.1) is 0 Å². The predicted molar refractivity (Wildman–Crippen MR) is 80.4 cm³/mol. The van der Waals surface area contributed by atoms with Gasteiger partial charge in [0.1, 0.15) is 10.0 Å². The molecule has 1 aromatic heterocycles. The molecule has 0 spiro atoms. The fourth-order valence-corrected chi connectivity index (χ4v) is 4.65. The second-order valence-corrected chi connectivity index (χ2v) is 7.71. The second-order valence-electron chi connectivity index (χ2n) is 4.53. The molecule has 1 aliphatic rings. The largest absolute Gasteiger partial charge is 0.377 e. The van der Waals surface area contributed by atoms with Gasteiger partial charge in [0.15, 0.2) is 0 Å². The molecule has 0 amide bonds. The van der Waals surface area contributed by atoms with Gasteiger partial charge >= 0.3 is 0 Å². The zero-order chi connectivity index (χ0) is 14.8. The molecule has 0 aliphatic carbocycles. The molecule has 0 aromatic carbocycles. The van der Waals surface area contributed by atoms with Crippen molar-refractivity contribution in [1.29, 1.82) is 0 Å². The number of rotatable bonds is 4. The molecular formula is C12H16BrClN2O3S. The molecular weight excluding hydrogens is 368 g/mol. The quantitative estimate of drug-likeness (QED) is 0.750. The molecule has 5 nitrogen and oxygen atoms in total. The third-order valence-corrected chi connectivity index (χ3v) is 5.86. The zero-order valence-electron chi connectivity index (χ0n) is 11.1. The Morgan fingerprint density at radius 1 is 1.60 bits per heavy atom. The van der Waals surface area contributed by atoms with Crippen LogP contribution in [0.2, 0.25) is 5.15 Å². The fraction of sp³-hybridized carbons (Fsp3) is 0.583. The molecule has 112 valence electrons. The van der Waals surface area contributed by atoms with Gasteiger partial charge in [0.2, 0.25) is 10.0 Å². The van der Waals surface area contributed by atoms with E-state index in [1.54, 1.807) is 0 Å². The lowest BCUT2D eigenvalue weighted by Crippen LogP contribution is -2.43. The Kier molecular flexibility index (Phi) is 5.42. The highest BCUT2D eigenvalue weighted by Crippen LogP contribution is 2.28. The summed E-state index contributed by atoms with van der Waals surface area (Å²) in [6.07, 6.45) is 3.08. The summed E-state index contributed by atoms with van der Waals surface area (Å²) in [6, 6.07) is 1.48. The second kappa shape index (κ2) is 6.70. The highest BCUT2D eigenvalue weighted by Gasteiger charge is 2.32. The molecule has 0 bridgehead atoms. The van der Waals surface area contributed by atoms with Gasteiger partial charge in [-0.15, -0.1) is 0 Å². The summed E-state index contributed by atoms with van der Waals surface area (Å²) in [5, 5.41) is -0.00765. The number of hydrogen-bond acceptors (Lipinski definition) is 4. The van der Waals surface area contributed by atoms with Gasteiger partial charge in [0.25, 0.3) is 0 Å². The molecule has 20 heavy (non-hydrogen) atoms. The van der Waals surface area contributed by atoms with E-state index in [4.69, 9.17) is 16.3 Å². The maximum atomic E-state index is 12.6. The maximum absolute atomic E-state index is 12.6. The lowest BCUT2D eigenvalue weighted by Gasteiger charge is -2.31. The molecule has 2 heterocycles. The van der Waals surface area contributed by atoms with Crippen LogP contribution in [0.4, 0.5) is 0 Å². The molecule has 1 aliphatic heterocycles. The average Bonchev–Trinajstić information content (AvgIpc) is 2.42. The van der Waals surface area contributed by atoms with E-state index in [2.05, 4.69) is 20.9 Å². The van der Waals surface area contributed by atoms with Crippen LogP contribution in [-0.2, 0) is 14.8 Å². The summed E-state index contributed by atoms with van der Waals surface area (Å²) in [5.74, 6) is 0. The third kappa shape index (κ3) is 3.51. The van der Waals surface area contributed by atoms with Crippen molar-refractivity contribution in [2.24, 2.45) is 0 Å². The van der Waals surface area contributed by atoms with E-state index in [0.717, 1.165) is 12.8 Å². The van der Waals surface area contributed by atoms with Crippen LogP contribution in [-0.4, -0.2) is 43.5 Å². The van der Waals surface area contributed by atoms with Gasteiger partial charge in [-0.05, 0) is 41.8 Å². The monoisotopic (exact) mass is 382 g/mol. The summed E-state index contributed by atoms with van der Waals surface area (Å²) in [4.78, 5) is 3.91. The van der Waals surface area contributed by atoms with Crippen molar-refractivity contribution < 1.29 is 13.2 Å². The molecule has 2 rings (SSSR count). The van der Waals surface area contributed by atoms with Crippen molar-refractivity contribution in [3.63, 3.8) is 0 Å². The maximum Gasteiger partial charge on any atom is 0.246 e. The van der Waals surface area contributed by atoms with E-state index in [1.165, 1.54) is 16.6 Å². The summed E-state index contributed by atoms with van der Waals surface area (Å²) in [5.41, 5.74) is 0. The smallest absolute Gasteiger partial charge is 0.246 e. The molecule has 0 saturated carbocycles. The topological polar surface area (TPSA) is 59.5 Å². The molecule has 8 heteroatoms. The van der Waals surface area contributed by atoms with E-state index in [9.17, 15) is 8.42 Å². The van der Waals surface area contributed by atoms with Crippen molar-refractivity contribution in [3.8, 4) is 0 Å². The van der Waals surface area contributed by atoms with E-state index in [1.807, 2.05) is 6.92 Å². The van der Waals surface area contributed by atoms with Crippen molar-refractivity contribution in [1.82, 2.24) is 9.29 Å². The van der Waals surface area contributed by atoms with Crippen LogP contribution in [0.15, 0.2) is 21.6 Å². The summed E-state index contributed by atoms with van der Waals surface area (Å²) in [6.45, 7) is 3.33. The van der Waals surface area contributed by atoms with E-state index >= 15 is 0 Å².